The summed E-state index contributed by atoms with van der Waals surface area (Å²) >= 11 is 0. The van der Waals surface area contributed by atoms with Crippen molar-refractivity contribution in [2.24, 2.45) is 0 Å². The Morgan fingerprint density at radius 1 is 0.800 bits per heavy atom. The van der Waals surface area contributed by atoms with E-state index in [0.29, 0.717) is 23.9 Å². The van der Waals surface area contributed by atoms with Crippen LogP contribution in [0.15, 0.2) is 78.9 Å². The van der Waals surface area contributed by atoms with Gasteiger partial charge in [0.1, 0.15) is 23.2 Å². The Labute approximate surface area is 174 Å². The van der Waals surface area contributed by atoms with E-state index in [-0.39, 0.29) is 12.2 Å². The van der Waals surface area contributed by atoms with Crippen LogP contribution in [0.4, 0.5) is 13.2 Å². The van der Waals surface area contributed by atoms with Crippen molar-refractivity contribution < 1.29 is 27.4 Å². The minimum absolute atomic E-state index is 0.0512. The smallest absolute Gasteiger partial charge is 0.397 e. The van der Waals surface area contributed by atoms with E-state index in [1.165, 1.54) is 12.1 Å². The predicted octanol–water partition coefficient (Wildman–Crippen LogP) is 6.74. The number of hydrogen-bond acceptors (Lipinski definition) is 3. The molecule has 0 N–H and O–H groups in total. The second-order valence-electron chi connectivity index (χ2n) is 6.67. The minimum atomic E-state index is -4.41. The number of halogens is 3. The van der Waals surface area contributed by atoms with Crippen LogP contribution in [0, 0.1) is 0 Å². The molecule has 0 heterocycles. The summed E-state index contributed by atoms with van der Waals surface area (Å²) in [7, 11) is 0. The van der Waals surface area contributed by atoms with Gasteiger partial charge in [0.05, 0.1) is 19.8 Å². The summed E-state index contributed by atoms with van der Waals surface area (Å²) in [6.45, 7) is 1.86. The van der Waals surface area contributed by atoms with Gasteiger partial charge >= 0.3 is 6.18 Å². The average molecular weight is 416 g/mol. The summed E-state index contributed by atoms with van der Waals surface area (Å²) < 4.78 is 57.2. The van der Waals surface area contributed by atoms with Gasteiger partial charge in [-0.25, -0.2) is 0 Å². The molecule has 0 aromatic heterocycles. The zero-order valence-corrected chi connectivity index (χ0v) is 16.6. The normalized spacial score (nSPS) is 12.4. The zero-order chi connectivity index (χ0) is 21.4. The fourth-order valence-electron chi connectivity index (χ4n) is 2.96. The lowest BCUT2D eigenvalue weighted by Gasteiger charge is -2.21. The SMILES string of the molecule is CCOc1ccc(C(COCc2cccc(Oc3ccccc3)c2)C(F)(F)F)cc1. The summed E-state index contributed by atoms with van der Waals surface area (Å²) in [5, 5.41) is 0. The molecule has 0 fully saturated rings. The lowest BCUT2D eigenvalue weighted by molar-refractivity contribution is -0.163. The first-order chi connectivity index (χ1) is 14.5. The highest BCUT2D eigenvalue weighted by atomic mass is 19.4. The van der Waals surface area contributed by atoms with Gasteiger partial charge in [0.25, 0.3) is 0 Å². The van der Waals surface area contributed by atoms with Crippen molar-refractivity contribution in [2.75, 3.05) is 13.2 Å². The summed E-state index contributed by atoms with van der Waals surface area (Å²) in [4.78, 5) is 0. The van der Waals surface area contributed by atoms with Crippen LogP contribution in [0.1, 0.15) is 24.0 Å². The fraction of sp³-hybridized carbons (Fsp3) is 0.250. The third kappa shape index (κ3) is 6.26. The Morgan fingerprint density at radius 2 is 1.50 bits per heavy atom. The summed E-state index contributed by atoms with van der Waals surface area (Å²) in [5.41, 5.74) is 0.878. The van der Waals surface area contributed by atoms with Crippen molar-refractivity contribution in [3.8, 4) is 17.2 Å². The van der Waals surface area contributed by atoms with Crippen molar-refractivity contribution in [1.29, 1.82) is 0 Å². The van der Waals surface area contributed by atoms with Crippen LogP contribution in [0.5, 0.6) is 17.2 Å². The molecule has 0 saturated heterocycles. The van der Waals surface area contributed by atoms with Crippen LogP contribution in [0.25, 0.3) is 0 Å². The summed E-state index contributed by atoms with van der Waals surface area (Å²) in [6, 6.07) is 22.3. The van der Waals surface area contributed by atoms with Crippen LogP contribution < -0.4 is 9.47 Å². The molecule has 30 heavy (non-hydrogen) atoms. The summed E-state index contributed by atoms with van der Waals surface area (Å²) in [5.74, 6) is 0.111. The molecular weight excluding hydrogens is 393 g/mol. The van der Waals surface area contributed by atoms with E-state index < -0.39 is 18.7 Å². The molecule has 0 bridgehead atoms. The second-order valence-corrected chi connectivity index (χ2v) is 6.67. The van der Waals surface area contributed by atoms with E-state index in [2.05, 4.69) is 0 Å². The van der Waals surface area contributed by atoms with Gasteiger partial charge in [0, 0.05) is 0 Å². The molecular formula is C24H23F3O3. The molecule has 0 amide bonds. The topological polar surface area (TPSA) is 27.7 Å². The number of para-hydroxylation sites is 1. The van der Waals surface area contributed by atoms with E-state index in [0.717, 1.165) is 5.56 Å². The van der Waals surface area contributed by atoms with Crippen LogP contribution in [-0.2, 0) is 11.3 Å². The molecule has 3 aromatic carbocycles. The van der Waals surface area contributed by atoms with Crippen molar-refractivity contribution >= 4 is 0 Å². The third-order valence-corrected chi connectivity index (χ3v) is 4.42. The largest absolute Gasteiger partial charge is 0.494 e. The zero-order valence-electron chi connectivity index (χ0n) is 16.6. The Bertz CT molecular complexity index is 909. The predicted molar refractivity (Wildman–Crippen MR) is 109 cm³/mol. The molecule has 0 radical (unpaired) electrons. The van der Waals surface area contributed by atoms with Gasteiger partial charge in [-0.3, -0.25) is 0 Å². The molecule has 0 spiro atoms. The molecule has 3 aromatic rings. The number of rotatable bonds is 9. The Kier molecular flexibility index (Phi) is 7.36. The van der Waals surface area contributed by atoms with Crippen molar-refractivity contribution in [3.05, 3.63) is 90.0 Å². The molecule has 3 rings (SSSR count). The highest BCUT2D eigenvalue weighted by Crippen LogP contribution is 2.36. The lowest BCUT2D eigenvalue weighted by Crippen LogP contribution is -2.25. The second kappa shape index (κ2) is 10.2. The molecule has 6 heteroatoms. The summed E-state index contributed by atoms with van der Waals surface area (Å²) in [6.07, 6.45) is -4.41. The molecule has 1 atom stereocenters. The van der Waals surface area contributed by atoms with Crippen LogP contribution in [0.3, 0.4) is 0 Å². The highest BCUT2D eigenvalue weighted by Gasteiger charge is 2.40. The van der Waals surface area contributed by atoms with Gasteiger partial charge < -0.3 is 14.2 Å². The van der Waals surface area contributed by atoms with Crippen LogP contribution in [-0.4, -0.2) is 19.4 Å². The number of ether oxygens (including phenoxy) is 3. The highest BCUT2D eigenvalue weighted by molar-refractivity contribution is 5.34. The van der Waals surface area contributed by atoms with Gasteiger partial charge in [-0.05, 0) is 54.4 Å². The fourth-order valence-corrected chi connectivity index (χ4v) is 2.96. The third-order valence-electron chi connectivity index (χ3n) is 4.42. The molecule has 3 nitrogen and oxygen atoms in total. The maximum absolute atomic E-state index is 13.6. The van der Waals surface area contributed by atoms with Gasteiger partial charge in [-0.2, -0.15) is 13.2 Å². The Balaban J connectivity index is 1.62. The maximum Gasteiger partial charge on any atom is 0.397 e. The maximum atomic E-state index is 13.6. The van der Waals surface area contributed by atoms with E-state index in [1.54, 1.807) is 36.4 Å². The molecule has 0 aliphatic rings. The van der Waals surface area contributed by atoms with Crippen LogP contribution >= 0.6 is 0 Å². The van der Waals surface area contributed by atoms with Crippen molar-refractivity contribution in [1.82, 2.24) is 0 Å². The van der Waals surface area contributed by atoms with Crippen LogP contribution in [0.2, 0.25) is 0 Å². The lowest BCUT2D eigenvalue weighted by atomic mass is 9.99. The van der Waals surface area contributed by atoms with Gasteiger partial charge in [-0.1, -0.05) is 42.5 Å². The van der Waals surface area contributed by atoms with Crippen molar-refractivity contribution in [3.63, 3.8) is 0 Å². The van der Waals surface area contributed by atoms with E-state index in [1.807, 2.05) is 37.3 Å². The molecule has 0 aliphatic carbocycles. The molecule has 158 valence electrons. The molecule has 0 saturated carbocycles. The first-order valence-electron chi connectivity index (χ1n) is 9.65. The quantitative estimate of drug-likeness (QED) is 0.387. The monoisotopic (exact) mass is 416 g/mol. The molecule has 0 aliphatic heterocycles. The first kappa shape index (κ1) is 21.7. The Morgan fingerprint density at radius 3 is 2.17 bits per heavy atom. The minimum Gasteiger partial charge on any atom is -0.494 e. The van der Waals surface area contributed by atoms with E-state index >= 15 is 0 Å². The van der Waals surface area contributed by atoms with E-state index in [4.69, 9.17) is 14.2 Å². The number of alkyl halides is 3. The average Bonchev–Trinajstić information content (AvgIpc) is 2.72. The van der Waals surface area contributed by atoms with Gasteiger partial charge in [0.2, 0.25) is 0 Å². The van der Waals surface area contributed by atoms with E-state index in [9.17, 15) is 13.2 Å². The number of hydrogen-bond donors (Lipinski definition) is 0. The van der Waals surface area contributed by atoms with Crippen molar-refractivity contribution in [2.45, 2.75) is 25.6 Å². The van der Waals surface area contributed by atoms with Gasteiger partial charge in [-0.15, -0.1) is 0 Å². The molecule has 1 unspecified atom stereocenters. The first-order valence-corrected chi connectivity index (χ1v) is 9.65. The standard InChI is InChI=1S/C24H23F3O3/c1-2-29-20-13-11-19(12-14-20)23(24(25,26)27)17-28-16-18-7-6-10-22(15-18)30-21-8-4-3-5-9-21/h3-15,23H,2,16-17H2,1H3. The Hall–Kier alpha value is -2.99. The number of benzene rings is 3. The van der Waals surface area contributed by atoms with Gasteiger partial charge in [0.15, 0.2) is 0 Å².